The number of halogens is 2. The third kappa shape index (κ3) is 3.35. The lowest BCUT2D eigenvalue weighted by atomic mass is 10.2. The summed E-state index contributed by atoms with van der Waals surface area (Å²) >= 11 is 8.58. The molecule has 0 saturated carbocycles. The Balaban J connectivity index is 2.17. The summed E-state index contributed by atoms with van der Waals surface area (Å²) in [4.78, 5) is 1.13. The molecule has 2 aromatic rings. The predicted molar refractivity (Wildman–Crippen MR) is 83.3 cm³/mol. The van der Waals surface area contributed by atoms with Crippen LogP contribution in [0.5, 0.6) is 5.75 Å². The van der Waals surface area contributed by atoms with Crippen LogP contribution in [0.25, 0.3) is 0 Å². The average Bonchev–Trinajstić information content (AvgIpc) is 2.77. The molecule has 0 bridgehead atoms. The van der Waals surface area contributed by atoms with E-state index in [-0.39, 0.29) is 6.10 Å². The van der Waals surface area contributed by atoms with Crippen molar-refractivity contribution in [3.8, 4) is 5.75 Å². The van der Waals surface area contributed by atoms with Gasteiger partial charge in [0.1, 0.15) is 11.9 Å². The Kier molecular flexibility index (Phi) is 4.84. The van der Waals surface area contributed by atoms with Gasteiger partial charge in [0.25, 0.3) is 0 Å². The molecule has 0 spiro atoms. The highest BCUT2D eigenvalue weighted by molar-refractivity contribution is 9.11. The van der Waals surface area contributed by atoms with Crippen LogP contribution in [0.1, 0.15) is 16.5 Å². The Hall–Kier alpha value is -0.360. The zero-order valence-electron chi connectivity index (χ0n) is 9.82. The second kappa shape index (κ2) is 6.19. The van der Waals surface area contributed by atoms with Gasteiger partial charge < -0.3 is 10.5 Å². The SMILES string of the molecule is Cc1cc(OC(CN)c2ccc(Br)s2)ccc1Br. The molecule has 0 fully saturated rings. The highest BCUT2D eigenvalue weighted by atomic mass is 79.9. The summed E-state index contributed by atoms with van der Waals surface area (Å²) in [6.45, 7) is 2.50. The van der Waals surface area contributed by atoms with Crippen LogP contribution in [0.4, 0.5) is 0 Å². The largest absolute Gasteiger partial charge is 0.484 e. The zero-order valence-corrected chi connectivity index (χ0v) is 13.8. The van der Waals surface area contributed by atoms with E-state index in [2.05, 4.69) is 31.9 Å². The average molecular weight is 391 g/mol. The molecule has 1 heterocycles. The Morgan fingerprint density at radius 2 is 2.06 bits per heavy atom. The van der Waals surface area contributed by atoms with Gasteiger partial charge in [0, 0.05) is 15.9 Å². The number of thiophene rings is 1. The maximum atomic E-state index is 5.94. The van der Waals surface area contributed by atoms with Crippen molar-refractivity contribution in [2.45, 2.75) is 13.0 Å². The summed E-state index contributed by atoms with van der Waals surface area (Å²) in [5.41, 5.74) is 6.94. The molecule has 0 aliphatic heterocycles. The number of aryl methyl sites for hydroxylation is 1. The fraction of sp³-hybridized carbons (Fsp3) is 0.231. The number of ether oxygens (including phenoxy) is 1. The van der Waals surface area contributed by atoms with Gasteiger partial charge in [0.15, 0.2) is 0 Å². The molecule has 2 rings (SSSR count). The maximum absolute atomic E-state index is 5.94. The van der Waals surface area contributed by atoms with Gasteiger partial charge in [-0.1, -0.05) is 15.9 Å². The molecular formula is C13H13Br2NOS. The van der Waals surface area contributed by atoms with Crippen molar-refractivity contribution < 1.29 is 4.74 Å². The van der Waals surface area contributed by atoms with Crippen molar-refractivity contribution in [1.82, 2.24) is 0 Å². The van der Waals surface area contributed by atoms with Crippen LogP contribution in [0.2, 0.25) is 0 Å². The van der Waals surface area contributed by atoms with E-state index in [9.17, 15) is 0 Å². The molecular weight excluding hydrogens is 378 g/mol. The van der Waals surface area contributed by atoms with Crippen LogP contribution in [-0.4, -0.2) is 6.54 Å². The monoisotopic (exact) mass is 389 g/mol. The molecule has 1 unspecified atom stereocenters. The topological polar surface area (TPSA) is 35.2 Å². The first-order valence-electron chi connectivity index (χ1n) is 5.48. The third-order valence-electron chi connectivity index (χ3n) is 2.53. The minimum absolute atomic E-state index is 0.0955. The van der Waals surface area contributed by atoms with Gasteiger partial charge >= 0.3 is 0 Å². The van der Waals surface area contributed by atoms with Gasteiger partial charge in [0.05, 0.1) is 3.79 Å². The molecule has 5 heteroatoms. The second-order valence-electron chi connectivity index (χ2n) is 3.90. The molecule has 96 valence electrons. The first-order valence-corrected chi connectivity index (χ1v) is 7.88. The molecule has 1 aromatic heterocycles. The Morgan fingerprint density at radius 3 is 2.61 bits per heavy atom. The Morgan fingerprint density at radius 1 is 1.28 bits per heavy atom. The van der Waals surface area contributed by atoms with Gasteiger partial charge in [-0.2, -0.15) is 0 Å². The zero-order chi connectivity index (χ0) is 13.1. The van der Waals surface area contributed by atoms with E-state index in [1.54, 1.807) is 11.3 Å². The Labute approximate surface area is 127 Å². The number of hydrogen-bond donors (Lipinski definition) is 1. The van der Waals surface area contributed by atoms with E-state index in [1.165, 1.54) is 0 Å². The smallest absolute Gasteiger partial charge is 0.145 e. The molecule has 0 aliphatic carbocycles. The fourth-order valence-corrected chi connectivity index (χ4v) is 3.29. The van der Waals surface area contributed by atoms with E-state index in [1.807, 2.05) is 37.3 Å². The quantitative estimate of drug-likeness (QED) is 0.823. The third-order valence-corrected chi connectivity index (χ3v) is 5.14. The summed E-state index contributed by atoms with van der Waals surface area (Å²) in [6.07, 6.45) is -0.0955. The van der Waals surface area contributed by atoms with E-state index in [4.69, 9.17) is 10.5 Å². The number of nitrogens with two attached hydrogens (primary N) is 1. The molecule has 0 aliphatic rings. The minimum Gasteiger partial charge on any atom is -0.484 e. The van der Waals surface area contributed by atoms with E-state index in [0.717, 1.165) is 24.4 Å². The molecule has 2 N–H and O–H groups in total. The Bertz CT molecular complexity index is 542. The van der Waals surface area contributed by atoms with Crippen LogP contribution >= 0.6 is 43.2 Å². The summed E-state index contributed by atoms with van der Waals surface area (Å²) < 4.78 is 8.11. The maximum Gasteiger partial charge on any atom is 0.145 e. The van der Waals surface area contributed by atoms with Crippen molar-refractivity contribution in [2.24, 2.45) is 5.73 Å². The molecule has 0 radical (unpaired) electrons. The van der Waals surface area contributed by atoms with Crippen molar-refractivity contribution in [3.05, 3.63) is 49.0 Å². The van der Waals surface area contributed by atoms with Crippen LogP contribution < -0.4 is 10.5 Å². The summed E-state index contributed by atoms with van der Waals surface area (Å²) in [7, 11) is 0. The van der Waals surface area contributed by atoms with Crippen molar-refractivity contribution >= 4 is 43.2 Å². The number of benzene rings is 1. The van der Waals surface area contributed by atoms with Gasteiger partial charge in [-0.15, -0.1) is 11.3 Å². The standard InChI is InChI=1S/C13H13Br2NOS/c1-8-6-9(2-3-10(8)14)17-11(7-16)12-4-5-13(15)18-12/h2-6,11H,7,16H2,1H3. The number of hydrogen-bond acceptors (Lipinski definition) is 3. The highest BCUT2D eigenvalue weighted by Gasteiger charge is 2.14. The van der Waals surface area contributed by atoms with Crippen LogP contribution in [0.3, 0.4) is 0 Å². The second-order valence-corrected chi connectivity index (χ2v) is 7.24. The molecule has 1 aromatic carbocycles. The molecule has 18 heavy (non-hydrogen) atoms. The van der Waals surface area contributed by atoms with Crippen LogP contribution in [0.15, 0.2) is 38.6 Å². The van der Waals surface area contributed by atoms with Crippen molar-refractivity contribution in [1.29, 1.82) is 0 Å². The van der Waals surface area contributed by atoms with Crippen molar-refractivity contribution in [3.63, 3.8) is 0 Å². The van der Waals surface area contributed by atoms with Crippen LogP contribution in [-0.2, 0) is 0 Å². The number of rotatable bonds is 4. The lowest BCUT2D eigenvalue weighted by molar-refractivity contribution is 0.218. The van der Waals surface area contributed by atoms with Gasteiger partial charge in [-0.3, -0.25) is 0 Å². The normalized spacial score (nSPS) is 12.4. The first-order chi connectivity index (χ1) is 8.60. The van der Waals surface area contributed by atoms with Crippen LogP contribution in [0, 0.1) is 6.92 Å². The van der Waals surface area contributed by atoms with E-state index >= 15 is 0 Å². The van der Waals surface area contributed by atoms with Gasteiger partial charge in [0.2, 0.25) is 0 Å². The fourth-order valence-electron chi connectivity index (χ4n) is 1.58. The molecule has 0 saturated heterocycles. The van der Waals surface area contributed by atoms with Gasteiger partial charge in [-0.05, 0) is 58.7 Å². The minimum atomic E-state index is -0.0955. The van der Waals surface area contributed by atoms with E-state index in [0.29, 0.717) is 6.54 Å². The lowest BCUT2D eigenvalue weighted by Crippen LogP contribution is -2.17. The molecule has 2 nitrogen and oxygen atoms in total. The lowest BCUT2D eigenvalue weighted by Gasteiger charge is -2.16. The van der Waals surface area contributed by atoms with Gasteiger partial charge in [-0.25, -0.2) is 0 Å². The summed E-state index contributed by atoms with van der Waals surface area (Å²) in [6, 6.07) is 10.00. The van der Waals surface area contributed by atoms with Crippen molar-refractivity contribution in [2.75, 3.05) is 6.54 Å². The summed E-state index contributed by atoms with van der Waals surface area (Å²) in [5, 5.41) is 0. The van der Waals surface area contributed by atoms with E-state index < -0.39 is 0 Å². The first kappa shape index (κ1) is 14.1. The summed E-state index contributed by atoms with van der Waals surface area (Å²) in [5.74, 6) is 0.843. The molecule has 0 amide bonds. The predicted octanol–water partition coefficient (Wildman–Crippen LogP) is 4.66. The molecule has 1 atom stereocenters. The highest BCUT2D eigenvalue weighted by Crippen LogP contribution is 2.31.